The van der Waals surface area contributed by atoms with Gasteiger partial charge in [0.1, 0.15) is 17.2 Å². The van der Waals surface area contributed by atoms with Crippen molar-refractivity contribution in [1.82, 2.24) is 25.0 Å². The fourth-order valence-corrected chi connectivity index (χ4v) is 3.83. The van der Waals surface area contributed by atoms with Crippen LogP contribution >= 0.6 is 11.6 Å². The molecule has 168 valence electrons. The molecule has 3 aromatic heterocycles. The van der Waals surface area contributed by atoms with Gasteiger partial charge in [0.25, 0.3) is 0 Å². The summed E-state index contributed by atoms with van der Waals surface area (Å²) >= 11 is 6.15. The Kier molecular flexibility index (Phi) is 5.73. The number of hydrogen-bond donors (Lipinski definition) is 0. The third kappa shape index (κ3) is 4.11. The van der Waals surface area contributed by atoms with Gasteiger partial charge in [0.15, 0.2) is 0 Å². The minimum absolute atomic E-state index is 0.213. The predicted octanol–water partition coefficient (Wildman–Crippen LogP) is 5.18. The second-order valence-electron chi connectivity index (χ2n) is 7.50. The lowest BCUT2D eigenvalue weighted by molar-refractivity contribution is 0.0600. The number of benzene rings is 2. The number of pyridine rings is 2. The zero-order chi connectivity index (χ0) is 23.7. The average Bonchev–Trinajstić information content (AvgIpc) is 3.28. The van der Waals surface area contributed by atoms with Gasteiger partial charge in [0.05, 0.1) is 35.9 Å². The van der Waals surface area contributed by atoms with Gasteiger partial charge in [-0.25, -0.2) is 18.9 Å². The minimum atomic E-state index is -0.515. The van der Waals surface area contributed by atoms with Crippen molar-refractivity contribution in [3.05, 3.63) is 94.9 Å². The Morgan fingerprint density at radius 2 is 1.88 bits per heavy atom. The van der Waals surface area contributed by atoms with Gasteiger partial charge in [-0.15, -0.1) is 5.10 Å². The number of aromatic nitrogens is 5. The zero-order valence-corrected chi connectivity index (χ0v) is 18.7. The van der Waals surface area contributed by atoms with Gasteiger partial charge < -0.3 is 4.74 Å². The lowest BCUT2D eigenvalue weighted by atomic mass is 10.1. The third-order valence-corrected chi connectivity index (χ3v) is 5.53. The number of carbonyl (C=O) groups excluding carboxylic acids is 1. The molecule has 3 heterocycles. The van der Waals surface area contributed by atoms with E-state index in [0.717, 1.165) is 5.56 Å². The first kappa shape index (κ1) is 21.7. The lowest BCUT2D eigenvalue weighted by Gasteiger charge is -2.10. The number of rotatable bonds is 5. The van der Waals surface area contributed by atoms with Crippen LogP contribution in [0, 0.1) is 5.82 Å². The summed E-state index contributed by atoms with van der Waals surface area (Å²) in [5, 5.41) is 8.96. The van der Waals surface area contributed by atoms with Gasteiger partial charge in [0.2, 0.25) is 0 Å². The number of carbonyl (C=O) groups is 1. The number of nitrogens with zero attached hydrogens (tertiary/aromatic N) is 5. The van der Waals surface area contributed by atoms with Crippen molar-refractivity contribution in [1.29, 1.82) is 0 Å². The highest BCUT2D eigenvalue weighted by molar-refractivity contribution is 6.30. The summed E-state index contributed by atoms with van der Waals surface area (Å²) in [7, 11) is 1.30. The van der Waals surface area contributed by atoms with Crippen LogP contribution < -0.4 is 0 Å². The standard InChI is InChI=1S/C25H17ClFN5O2/c1-34-25(33)16-11-22-20(28-13-16)9-10-21(29-22)24-23(18-12-17(26)7-8-19(18)27)30-31-32(24)14-15-5-3-2-4-6-15/h2-13H,14H2,1H3. The lowest BCUT2D eigenvalue weighted by Crippen LogP contribution is -2.06. The fraction of sp³-hybridized carbons (Fsp3) is 0.0800. The molecule has 7 nitrogen and oxygen atoms in total. The summed E-state index contributed by atoms with van der Waals surface area (Å²) in [6.45, 7) is 0.394. The molecule has 9 heteroatoms. The van der Waals surface area contributed by atoms with Gasteiger partial charge in [-0.3, -0.25) is 4.98 Å². The van der Waals surface area contributed by atoms with Crippen LogP contribution in [0.4, 0.5) is 4.39 Å². The molecule has 0 fully saturated rings. The van der Waals surface area contributed by atoms with E-state index in [4.69, 9.17) is 21.3 Å². The van der Waals surface area contributed by atoms with Crippen molar-refractivity contribution in [3.63, 3.8) is 0 Å². The molecule has 2 aromatic carbocycles. The quantitative estimate of drug-likeness (QED) is 0.327. The number of ether oxygens (including phenoxy) is 1. The summed E-state index contributed by atoms with van der Waals surface area (Å²) in [6, 6.07) is 19.1. The molecule has 0 atom stereocenters. The average molecular weight is 474 g/mol. The Morgan fingerprint density at radius 3 is 2.68 bits per heavy atom. The van der Waals surface area contributed by atoms with E-state index in [9.17, 15) is 9.18 Å². The summed E-state index contributed by atoms with van der Waals surface area (Å²) in [5.41, 5.74) is 3.85. The highest BCUT2D eigenvalue weighted by Gasteiger charge is 2.22. The Balaban J connectivity index is 1.71. The maximum Gasteiger partial charge on any atom is 0.339 e. The van der Waals surface area contributed by atoms with Crippen LogP contribution in [0.3, 0.4) is 0 Å². The Hall–Kier alpha value is -4.17. The molecule has 0 saturated carbocycles. The molecule has 0 spiro atoms. The molecular formula is C25H17ClFN5O2. The molecule has 0 bridgehead atoms. The van der Waals surface area contributed by atoms with Crippen molar-refractivity contribution in [2.75, 3.05) is 7.11 Å². The molecule has 34 heavy (non-hydrogen) atoms. The van der Waals surface area contributed by atoms with Gasteiger partial charge in [0, 0.05) is 16.8 Å². The maximum absolute atomic E-state index is 14.8. The van der Waals surface area contributed by atoms with Gasteiger partial charge in [-0.1, -0.05) is 47.1 Å². The van der Waals surface area contributed by atoms with Crippen molar-refractivity contribution >= 4 is 28.6 Å². The monoisotopic (exact) mass is 473 g/mol. The summed E-state index contributed by atoms with van der Waals surface area (Å²) in [4.78, 5) is 21.0. The van der Waals surface area contributed by atoms with Crippen LogP contribution in [0.2, 0.25) is 5.02 Å². The van der Waals surface area contributed by atoms with E-state index in [1.807, 2.05) is 30.3 Å². The summed E-state index contributed by atoms with van der Waals surface area (Å²) < 4.78 is 21.3. The van der Waals surface area contributed by atoms with Crippen LogP contribution in [0.25, 0.3) is 33.7 Å². The SMILES string of the molecule is COC(=O)c1cnc2ccc(-c3c(-c4cc(Cl)ccc4F)nnn3Cc3ccccc3)nc2c1. The smallest absolute Gasteiger partial charge is 0.339 e. The summed E-state index contributed by atoms with van der Waals surface area (Å²) in [5.74, 6) is -0.994. The van der Waals surface area contributed by atoms with Crippen LogP contribution in [0.15, 0.2) is 72.9 Å². The molecule has 0 aliphatic rings. The molecule has 5 rings (SSSR count). The highest BCUT2D eigenvalue weighted by atomic mass is 35.5. The molecule has 0 N–H and O–H groups in total. The Morgan fingerprint density at radius 1 is 1.06 bits per heavy atom. The minimum Gasteiger partial charge on any atom is -0.465 e. The zero-order valence-electron chi connectivity index (χ0n) is 17.9. The second kappa shape index (κ2) is 8.99. The van der Waals surface area contributed by atoms with E-state index in [1.54, 1.807) is 22.9 Å². The molecule has 0 amide bonds. The van der Waals surface area contributed by atoms with Crippen LogP contribution in [-0.4, -0.2) is 38.0 Å². The Labute approximate surface area is 198 Å². The van der Waals surface area contributed by atoms with Crippen molar-refractivity contribution in [3.8, 4) is 22.6 Å². The third-order valence-electron chi connectivity index (χ3n) is 5.29. The normalized spacial score (nSPS) is 11.0. The van der Waals surface area contributed by atoms with E-state index in [-0.39, 0.29) is 11.1 Å². The number of methoxy groups -OCH3 is 1. The molecular weight excluding hydrogens is 457 g/mol. The Bertz CT molecular complexity index is 1520. The number of esters is 1. The number of hydrogen-bond acceptors (Lipinski definition) is 6. The van der Waals surface area contributed by atoms with Gasteiger partial charge in [-0.05, 0) is 42.0 Å². The first-order valence-electron chi connectivity index (χ1n) is 10.3. The van der Waals surface area contributed by atoms with Crippen LogP contribution in [0.5, 0.6) is 0 Å². The molecule has 5 aromatic rings. The van der Waals surface area contributed by atoms with E-state index in [0.29, 0.717) is 39.7 Å². The molecule has 0 unspecified atom stereocenters. The van der Waals surface area contributed by atoms with Crippen molar-refractivity contribution in [2.24, 2.45) is 0 Å². The second-order valence-corrected chi connectivity index (χ2v) is 7.94. The van der Waals surface area contributed by atoms with Gasteiger partial charge in [-0.2, -0.15) is 0 Å². The van der Waals surface area contributed by atoms with E-state index < -0.39 is 11.8 Å². The fourth-order valence-electron chi connectivity index (χ4n) is 3.66. The number of fused-ring (bicyclic) bond motifs is 1. The predicted molar refractivity (Wildman–Crippen MR) is 126 cm³/mol. The topological polar surface area (TPSA) is 82.8 Å². The summed E-state index contributed by atoms with van der Waals surface area (Å²) in [6.07, 6.45) is 1.43. The molecule has 0 saturated heterocycles. The van der Waals surface area contributed by atoms with E-state index >= 15 is 0 Å². The highest BCUT2D eigenvalue weighted by Crippen LogP contribution is 2.33. The molecule has 0 aliphatic heterocycles. The molecule has 0 radical (unpaired) electrons. The van der Waals surface area contributed by atoms with Gasteiger partial charge >= 0.3 is 5.97 Å². The largest absolute Gasteiger partial charge is 0.465 e. The first-order chi connectivity index (χ1) is 16.5. The first-order valence-corrected chi connectivity index (χ1v) is 10.7. The van der Waals surface area contributed by atoms with E-state index in [2.05, 4.69) is 15.3 Å². The van der Waals surface area contributed by atoms with Crippen molar-refractivity contribution in [2.45, 2.75) is 6.54 Å². The van der Waals surface area contributed by atoms with Crippen LogP contribution in [0.1, 0.15) is 15.9 Å². The molecule has 0 aliphatic carbocycles. The van der Waals surface area contributed by atoms with E-state index in [1.165, 1.54) is 31.5 Å². The van der Waals surface area contributed by atoms with Crippen molar-refractivity contribution < 1.29 is 13.9 Å². The van der Waals surface area contributed by atoms with Crippen LogP contribution in [-0.2, 0) is 11.3 Å². The number of halogens is 2. The maximum atomic E-state index is 14.8.